The predicted octanol–water partition coefficient (Wildman–Crippen LogP) is 1.43. The molecule has 1 aromatic rings. The van der Waals surface area contributed by atoms with Crippen LogP contribution in [0.2, 0.25) is 0 Å². The van der Waals surface area contributed by atoms with E-state index >= 15 is 0 Å². The summed E-state index contributed by atoms with van der Waals surface area (Å²) < 4.78 is 0. The molecule has 2 rings (SSSR count). The van der Waals surface area contributed by atoms with Crippen LogP contribution in [0.15, 0.2) is 24.3 Å². The van der Waals surface area contributed by atoms with E-state index in [1.54, 1.807) is 26.0 Å². The van der Waals surface area contributed by atoms with Crippen LogP contribution in [-0.4, -0.2) is 21.8 Å². The lowest BCUT2D eigenvalue weighted by atomic mass is 10.1. The van der Waals surface area contributed by atoms with E-state index in [0.29, 0.717) is 0 Å². The Labute approximate surface area is 99.2 Å². The minimum absolute atomic E-state index is 0.243. The maximum absolute atomic E-state index is 11.4. The van der Waals surface area contributed by atoms with Gasteiger partial charge in [-0.05, 0) is 30.5 Å². The Kier molecular flexibility index (Phi) is 2.71. The second-order valence-electron chi connectivity index (χ2n) is 4.17. The Bertz CT molecular complexity index is 490. The maximum Gasteiger partial charge on any atom is 0.253 e. The van der Waals surface area contributed by atoms with Gasteiger partial charge in [0.1, 0.15) is 5.75 Å². The van der Waals surface area contributed by atoms with Crippen LogP contribution < -0.4 is 0 Å². The molecule has 1 aromatic carbocycles. The highest BCUT2D eigenvalue weighted by molar-refractivity contribution is 6.12. The van der Waals surface area contributed by atoms with Gasteiger partial charge in [-0.15, -0.1) is 0 Å². The molecule has 17 heavy (non-hydrogen) atoms. The van der Waals surface area contributed by atoms with Crippen LogP contribution in [0.25, 0.3) is 0 Å². The molecule has 1 N–H and O–H groups in total. The van der Waals surface area contributed by atoms with E-state index in [1.165, 1.54) is 17.1 Å². The molecular formula is C13H13NO3. The van der Waals surface area contributed by atoms with Crippen LogP contribution >= 0.6 is 0 Å². The first-order chi connectivity index (χ1) is 7.99. The molecule has 0 saturated carbocycles. The molecule has 0 bridgehead atoms. The van der Waals surface area contributed by atoms with Crippen molar-refractivity contribution in [2.45, 2.75) is 20.4 Å². The van der Waals surface area contributed by atoms with Crippen molar-refractivity contribution >= 4 is 11.8 Å². The molecule has 0 atom stereocenters. The molecule has 4 heteroatoms. The van der Waals surface area contributed by atoms with Crippen LogP contribution in [0.1, 0.15) is 16.7 Å². The SMILES string of the molecule is Cc1cc(CN2C(=O)C=CC2=O)cc(C)c1O. The minimum atomic E-state index is -0.293. The van der Waals surface area contributed by atoms with E-state index in [4.69, 9.17) is 0 Å². The fraction of sp³-hybridized carbons (Fsp3) is 0.231. The number of aromatic hydroxyl groups is 1. The van der Waals surface area contributed by atoms with Gasteiger partial charge in [-0.3, -0.25) is 14.5 Å². The smallest absolute Gasteiger partial charge is 0.253 e. The minimum Gasteiger partial charge on any atom is -0.507 e. The standard InChI is InChI=1S/C13H13NO3/c1-8-5-10(6-9(2)13(8)17)7-14-11(15)3-4-12(14)16/h3-6,17H,7H2,1-2H3. The molecule has 0 aromatic heterocycles. The van der Waals surface area contributed by atoms with Crippen molar-refractivity contribution in [3.8, 4) is 5.75 Å². The fourth-order valence-corrected chi connectivity index (χ4v) is 1.91. The highest BCUT2D eigenvalue weighted by atomic mass is 16.3. The van der Waals surface area contributed by atoms with Gasteiger partial charge in [0.15, 0.2) is 0 Å². The van der Waals surface area contributed by atoms with E-state index in [1.807, 2.05) is 0 Å². The van der Waals surface area contributed by atoms with Gasteiger partial charge in [-0.1, -0.05) is 12.1 Å². The summed E-state index contributed by atoms with van der Waals surface area (Å²) >= 11 is 0. The molecule has 1 heterocycles. The Morgan fingerprint density at radius 1 is 1.06 bits per heavy atom. The Morgan fingerprint density at radius 2 is 1.53 bits per heavy atom. The number of imide groups is 1. The number of phenolic OH excluding ortho intramolecular Hbond substituents is 1. The number of phenols is 1. The van der Waals surface area contributed by atoms with Gasteiger partial charge in [-0.25, -0.2) is 0 Å². The molecule has 1 aliphatic rings. The topological polar surface area (TPSA) is 57.6 Å². The highest BCUT2D eigenvalue weighted by Gasteiger charge is 2.23. The average molecular weight is 231 g/mol. The lowest BCUT2D eigenvalue weighted by Gasteiger charge is -2.15. The van der Waals surface area contributed by atoms with Crippen molar-refractivity contribution in [3.63, 3.8) is 0 Å². The molecule has 0 aliphatic carbocycles. The first-order valence-electron chi connectivity index (χ1n) is 5.31. The van der Waals surface area contributed by atoms with Gasteiger partial charge in [0.2, 0.25) is 0 Å². The summed E-state index contributed by atoms with van der Waals surface area (Å²) in [5.41, 5.74) is 2.32. The second-order valence-corrected chi connectivity index (χ2v) is 4.17. The molecule has 0 saturated heterocycles. The zero-order valence-corrected chi connectivity index (χ0v) is 9.73. The quantitative estimate of drug-likeness (QED) is 0.783. The average Bonchev–Trinajstić information content (AvgIpc) is 2.57. The molecule has 0 radical (unpaired) electrons. The number of benzene rings is 1. The van der Waals surface area contributed by atoms with Crippen molar-refractivity contribution in [1.29, 1.82) is 0 Å². The van der Waals surface area contributed by atoms with Crippen molar-refractivity contribution in [3.05, 3.63) is 41.0 Å². The molecule has 0 spiro atoms. The first kappa shape index (κ1) is 11.4. The van der Waals surface area contributed by atoms with Crippen molar-refractivity contribution in [2.75, 3.05) is 0 Å². The van der Waals surface area contributed by atoms with E-state index in [0.717, 1.165) is 16.7 Å². The van der Waals surface area contributed by atoms with Crippen LogP contribution in [0.4, 0.5) is 0 Å². The summed E-state index contributed by atoms with van der Waals surface area (Å²) in [7, 11) is 0. The molecular weight excluding hydrogens is 218 g/mol. The second kappa shape index (κ2) is 4.05. The number of amides is 2. The molecule has 0 fully saturated rings. The first-order valence-corrected chi connectivity index (χ1v) is 5.31. The Morgan fingerprint density at radius 3 is 2.00 bits per heavy atom. The van der Waals surface area contributed by atoms with Gasteiger partial charge >= 0.3 is 0 Å². The van der Waals surface area contributed by atoms with Crippen molar-refractivity contribution in [1.82, 2.24) is 4.90 Å². The van der Waals surface area contributed by atoms with Gasteiger partial charge in [0.25, 0.3) is 11.8 Å². The molecule has 2 amide bonds. The van der Waals surface area contributed by atoms with Crippen molar-refractivity contribution < 1.29 is 14.7 Å². The van der Waals surface area contributed by atoms with E-state index < -0.39 is 0 Å². The third-order valence-corrected chi connectivity index (χ3v) is 2.79. The molecule has 88 valence electrons. The fourth-order valence-electron chi connectivity index (χ4n) is 1.91. The van der Waals surface area contributed by atoms with E-state index in [2.05, 4.69) is 0 Å². The largest absolute Gasteiger partial charge is 0.507 e. The number of aryl methyl sites for hydroxylation is 2. The number of carbonyl (C=O) groups excluding carboxylic acids is 2. The number of nitrogens with zero attached hydrogens (tertiary/aromatic N) is 1. The maximum atomic E-state index is 11.4. The number of hydrogen-bond acceptors (Lipinski definition) is 3. The number of hydrogen-bond donors (Lipinski definition) is 1. The Hall–Kier alpha value is -2.10. The number of carbonyl (C=O) groups is 2. The third kappa shape index (κ3) is 2.06. The molecule has 0 unspecified atom stereocenters. The summed E-state index contributed by atoms with van der Waals surface area (Å²) in [6.07, 6.45) is 2.53. The van der Waals surface area contributed by atoms with Crippen LogP contribution in [0.3, 0.4) is 0 Å². The van der Waals surface area contributed by atoms with Gasteiger partial charge in [-0.2, -0.15) is 0 Å². The van der Waals surface area contributed by atoms with Crippen LogP contribution in [0.5, 0.6) is 5.75 Å². The summed E-state index contributed by atoms with van der Waals surface area (Å²) in [6, 6.07) is 3.56. The number of rotatable bonds is 2. The van der Waals surface area contributed by atoms with Crippen LogP contribution in [0, 0.1) is 13.8 Å². The lowest BCUT2D eigenvalue weighted by molar-refractivity contribution is -0.137. The highest BCUT2D eigenvalue weighted by Crippen LogP contribution is 2.24. The van der Waals surface area contributed by atoms with E-state index in [9.17, 15) is 14.7 Å². The molecule has 4 nitrogen and oxygen atoms in total. The van der Waals surface area contributed by atoms with Crippen LogP contribution in [-0.2, 0) is 16.1 Å². The Balaban J connectivity index is 2.25. The monoisotopic (exact) mass is 231 g/mol. The summed E-state index contributed by atoms with van der Waals surface area (Å²) in [6.45, 7) is 3.82. The summed E-state index contributed by atoms with van der Waals surface area (Å²) in [5, 5.41) is 9.64. The van der Waals surface area contributed by atoms with Gasteiger partial charge in [0.05, 0.1) is 6.54 Å². The zero-order valence-electron chi connectivity index (χ0n) is 9.73. The van der Waals surface area contributed by atoms with E-state index in [-0.39, 0.29) is 24.1 Å². The summed E-state index contributed by atoms with van der Waals surface area (Å²) in [4.78, 5) is 24.0. The normalized spacial score (nSPS) is 14.8. The lowest BCUT2D eigenvalue weighted by Crippen LogP contribution is -2.29. The van der Waals surface area contributed by atoms with Gasteiger partial charge in [0, 0.05) is 12.2 Å². The van der Waals surface area contributed by atoms with Crippen molar-refractivity contribution in [2.24, 2.45) is 0 Å². The zero-order chi connectivity index (χ0) is 12.6. The molecule has 1 aliphatic heterocycles. The predicted molar refractivity (Wildman–Crippen MR) is 62.3 cm³/mol. The third-order valence-electron chi connectivity index (χ3n) is 2.79. The summed E-state index contributed by atoms with van der Waals surface area (Å²) in [5.74, 6) is -0.331. The van der Waals surface area contributed by atoms with Gasteiger partial charge < -0.3 is 5.11 Å².